The molecule has 0 atom stereocenters. The van der Waals surface area contributed by atoms with Crippen molar-refractivity contribution in [3.63, 3.8) is 0 Å². The molecule has 2 fully saturated rings. The molecule has 0 aromatic carbocycles. The lowest BCUT2D eigenvalue weighted by Gasteiger charge is -2.28. The van der Waals surface area contributed by atoms with E-state index in [1.165, 1.54) is 38.6 Å². The highest BCUT2D eigenvalue weighted by Gasteiger charge is 2.22. The van der Waals surface area contributed by atoms with Crippen LogP contribution in [0, 0.1) is 11.8 Å². The van der Waals surface area contributed by atoms with E-state index in [1.54, 1.807) is 6.20 Å². The van der Waals surface area contributed by atoms with Crippen molar-refractivity contribution < 1.29 is 4.79 Å². The highest BCUT2D eigenvalue weighted by molar-refractivity contribution is 5.89. The van der Waals surface area contributed by atoms with Gasteiger partial charge >= 0.3 is 6.03 Å². The fraction of sp³-hybridized carbons (Fsp3) is 0.800. The fourth-order valence-electron chi connectivity index (χ4n) is 4.20. The number of urea groups is 1. The highest BCUT2D eigenvalue weighted by atomic mass is 16.2. The summed E-state index contributed by atoms with van der Waals surface area (Å²) in [6.45, 7) is 10.2. The van der Waals surface area contributed by atoms with Crippen molar-refractivity contribution in [3.8, 4) is 0 Å². The molecule has 6 heteroatoms. The molecule has 0 spiro atoms. The maximum atomic E-state index is 12.6. The van der Waals surface area contributed by atoms with E-state index in [2.05, 4.69) is 29.2 Å². The van der Waals surface area contributed by atoms with E-state index in [0.29, 0.717) is 5.92 Å². The predicted octanol–water partition coefficient (Wildman–Crippen LogP) is 3.66. The summed E-state index contributed by atoms with van der Waals surface area (Å²) in [5, 5.41) is 7.34. The average Bonchev–Trinajstić information content (AvgIpc) is 2.90. The minimum atomic E-state index is 0.00798. The molecule has 2 amide bonds. The first-order chi connectivity index (χ1) is 12.6. The Morgan fingerprint density at radius 3 is 2.73 bits per heavy atom. The first-order valence-corrected chi connectivity index (χ1v) is 10.4. The molecule has 2 aliphatic rings. The third-order valence-electron chi connectivity index (χ3n) is 5.55. The minimum absolute atomic E-state index is 0.00798. The first-order valence-electron chi connectivity index (χ1n) is 10.4. The van der Waals surface area contributed by atoms with Gasteiger partial charge in [0.15, 0.2) is 0 Å². The number of rotatable bonds is 5. The summed E-state index contributed by atoms with van der Waals surface area (Å²) >= 11 is 0. The van der Waals surface area contributed by atoms with Gasteiger partial charge in [-0.05, 0) is 37.6 Å². The van der Waals surface area contributed by atoms with Crippen LogP contribution in [0.3, 0.4) is 0 Å². The largest absolute Gasteiger partial charge is 0.323 e. The van der Waals surface area contributed by atoms with E-state index in [0.717, 1.165) is 50.7 Å². The van der Waals surface area contributed by atoms with E-state index in [-0.39, 0.29) is 6.03 Å². The Hall–Kier alpha value is -1.56. The molecule has 0 unspecified atom stereocenters. The number of hydrogen-bond donors (Lipinski definition) is 1. The summed E-state index contributed by atoms with van der Waals surface area (Å²) < 4.78 is 1.90. The third kappa shape index (κ3) is 5.73. The van der Waals surface area contributed by atoms with Crippen LogP contribution in [0.4, 0.5) is 10.5 Å². The van der Waals surface area contributed by atoms with E-state index in [4.69, 9.17) is 0 Å². The fourth-order valence-corrected chi connectivity index (χ4v) is 4.20. The lowest BCUT2D eigenvalue weighted by atomic mass is 9.89. The van der Waals surface area contributed by atoms with Gasteiger partial charge < -0.3 is 15.1 Å². The Kier molecular flexibility index (Phi) is 6.94. The number of nitrogens with one attached hydrogen (secondary N) is 1. The number of hydrogen-bond acceptors (Lipinski definition) is 3. The number of carbonyl (C=O) groups is 1. The zero-order valence-electron chi connectivity index (χ0n) is 16.5. The van der Waals surface area contributed by atoms with Gasteiger partial charge in [0.1, 0.15) is 0 Å². The monoisotopic (exact) mass is 361 g/mol. The van der Waals surface area contributed by atoms with Crippen LogP contribution in [-0.4, -0.2) is 58.3 Å². The lowest BCUT2D eigenvalue weighted by molar-refractivity contribution is 0.197. The van der Waals surface area contributed by atoms with E-state index >= 15 is 0 Å². The normalized spacial score (nSPS) is 20.3. The molecule has 1 aliphatic heterocycles. The number of anilines is 1. The van der Waals surface area contributed by atoms with Crippen LogP contribution in [0.5, 0.6) is 0 Å². The van der Waals surface area contributed by atoms with Crippen LogP contribution < -0.4 is 5.32 Å². The van der Waals surface area contributed by atoms with E-state index in [1.807, 2.05) is 15.8 Å². The maximum Gasteiger partial charge on any atom is 0.321 e. The van der Waals surface area contributed by atoms with Gasteiger partial charge in [-0.25, -0.2) is 4.79 Å². The Morgan fingerprint density at radius 2 is 1.96 bits per heavy atom. The molecule has 3 rings (SSSR count). The average molecular weight is 362 g/mol. The highest BCUT2D eigenvalue weighted by Crippen LogP contribution is 2.24. The van der Waals surface area contributed by atoms with E-state index in [9.17, 15) is 4.79 Å². The summed E-state index contributed by atoms with van der Waals surface area (Å²) in [5.41, 5.74) is 0.791. The minimum Gasteiger partial charge on any atom is -0.323 e. The van der Waals surface area contributed by atoms with Crippen LogP contribution in [-0.2, 0) is 6.54 Å². The molecule has 1 aromatic rings. The summed E-state index contributed by atoms with van der Waals surface area (Å²) in [6, 6.07) is 0.00798. The summed E-state index contributed by atoms with van der Waals surface area (Å²) in [4.78, 5) is 17.1. The van der Waals surface area contributed by atoms with Crippen molar-refractivity contribution in [3.05, 3.63) is 12.4 Å². The number of nitrogens with zero attached hydrogens (tertiary/aromatic N) is 4. The zero-order valence-corrected chi connectivity index (χ0v) is 16.5. The summed E-state index contributed by atoms with van der Waals surface area (Å²) in [7, 11) is 0. The summed E-state index contributed by atoms with van der Waals surface area (Å²) in [6.07, 6.45) is 11.7. The smallest absolute Gasteiger partial charge is 0.321 e. The molecule has 26 heavy (non-hydrogen) atoms. The van der Waals surface area contributed by atoms with Gasteiger partial charge in [0.05, 0.1) is 11.9 Å². The molecule has 2 heterocycles. The van der Waals surface area contributed by atoms with E-state index < -0.39 is 0 Å². The van der Waals surface area contributed by atoms with Gasteiger partial charge in [-0.2, -0.15) is 5.10 Å². The summed E-state index contributed by atoms with van der Waals surface area (Å²) in [5.74, 6) is 1.41. The quantitative estimate of drug-likeness (QED) is 0.871. The zero-order chi connectivity index (χ0) is 18.4. The molecule has 0 radical (unpaired) electrons. The Labute approximate surface area is 157 Å². The van der Waals surface area contributed by atoms with Crippen molar-refractivity contribution in [1.82, 2.24) is 19.6 Å². The van der Waals surface area contributed by atoms with Gasteiger partial charge in [0.2, 0.25) is 0 Å². The molecule has 146 valence electrons. The Morgan fingerprint density at radius 1 is 1.15 bits per heavy atom. The van der Waals surface area contributed by atoms with Crippen LogP contribution in [0.1, 0.15) is 52.4 Å². The second-order valence-corrected chi connectivity index (χ2v) is 8.42. The van der Waals surface area contributed by atoms with Crippen molar-refractivity contribution in [1.29, 1.82) is 0 Å². The topological polar surface area (TPSA) is 53.4 Å². The van der Waals surface area contributed by atoms with Crippen LogP contribution in [0.15, 0.2) is 12.4 Å². The maximum absolute atomic E-state index is 12.6. The van der Waals surface area contributed by atoms with Crippen molar-refractivity contribution in [2.45, 2.75) is 58.9 Å². The SMILES string of the molecule is CC(C)Cn1cc(NC(=O)N2CCCN(CC3CCCCC3)CC2)cn1. The van der Waals surface area contributed by atoms with Gasteiger partial charge in [0.25, 0.3) is 0 Å². The lowest BCUT2D eigenvalue weighted by Crippen LogP contribution is -2.39. The van der Waals surface area contributed by atoms with Crippen LogP contribution in [0.2, 0.25) is 0 Å². The Balaban J connectivity index is 1.45. The second-order valence-electron chi connectivity index (χ2n) is 8.42. The second kappa shape index (κ2) is 9.40. The standard InChI is InChI=1S/C20H35N5O/c1-17(2)14-25-16-19(13-21-25)22-20(26)24-10-6-9-23(11-12-24)15-18-7-4-3-5-8-18/h13,16-18H,3-12,14-15H2,1-2H3,(H,22,26). The molecule has 1 aromatic heterocycles. The Bertz CT molecular complexity index is 564. The van der Waals surface area contributed by atoms with Crippen molar-refractivity contribution in [2.24, 2.45) is 11.8 Å². The number of amides is 2. The first kappa shape index (κ1) is 19.2. The van der Waals surface area contributed by atoms with Gasteiger partial charge in [0, 0.05) is 38.9 Å². The third-order valence-corrected chi connectivity index (χ3v) is 5.55. The molecule has 0 bridgehead atoms. The molecular weight excluding hydrogens is 326 g/mol. The van der Waals surface area contributed by atoms with Gasteiger partial charge in [-0.15, -0.1) is 0 Å². The van der Waals surface area contributed by atoms with Crippen molar-refractivity contribution in [2.75, 3.05) is 38.0 Å². The predicted molar refractivity (Wildman–Crippen MR) is 105 cm³/mol. The molecule has 1 saturated carbocycles. The molecule has 1 saturated heterocycles. The van der Waals surface area contributed by atoms with Crippen LogP contribution >= 0.6 is 0 Å². The van der Waals surface area contributed by atoms with Crippen LogP contribution in [0.25, 0.3) is 0 Å². The van der Waals surface area contributed by atoms with Gasteiger partial charge in [-0.3, -0.25) is 4.68 Å². The molecular formula is C20H35N5O. The van der Waals surface area contributed by atoms with Crippen molar-refractivity contribution >= 4 is 11.7 Å². The number of aromatic nitrogens is 2. The molecule has 1 N–H and O–H groups in total. The van der Waals surface area contributed by atoms with Gasteiger partial charge in [-0.1, -0.05) is 33.1 Å². The molecule has 1 aliphatic carbocycles. The molecule has 6 nitrogen and oxygen atoms in total. The number of carbonyl (C=O) groups excluding carboxylic acids is 1.